The molecule has 1 aliphatic heterocycles. The van der Waals surface area contributed by atoms with Crippen LogP contribution in [-0.4, -0.2) is 26.1 Å². The van der Waals surface area contributed by atoms with Crippen LogP contribution < -0.4 is 15.0 Å². The van der Waals surface area contributed by atoms with Crippen LogP contribution in [-0.2, 0) is 11.2 Å². The number of rotatable bonds is 4. The summed E-state index contributed by atoms with van der Waals surface area (Å²) >= 11 is 6.06. The van der Waals surface area contributed by atoms with E-state index in [9.17, 15) is 4.79 Å². The summed E-state index contributed by atoms with van der Waals surface area (Å²) in [6.07, 6.45) is 0.984. The molecule has 0 saturated carbocycles. The van der Waals surface area contributed by atoms with Gasteiger partial charge in [-0.3, -0.25) is 4.79 Å². The van der Waals surface area contributed by atoms with E-state index >= 15 is 0 Å². The number of fused-ring (bicyclic) bond motifs is 1. The van der Waals surface area contributed by atoms with Crippen molar-refractivity contribution in [1.29, 1.82) is 0 Å². The number of benzene rings is 2. The first-order chi connectivity index (χ1) is 10.7. The van der Waals surface area contributed by atoms with Crippen LogP contribution in [0.2, 0.25) is 5.02 Å². The Balaban J connectivity index is 1.65. The van der Waals surface area contributed by atoms with Crippen molar-refractivity contribution in [3.8, 4) is 5.75 Å². The van der Waals surface area contributed by atoms with Gasteiger partial charge in [0.15, 0.2) is 0 Å². The number of anilines is 2. The van der Waals surface area contributed by atoms with Crippen molar-refractivity contribution in [2.75, 3.05) is 30.4 Å². The predicted molar refractivity (Wildman–Crippen MR) is 89.0 cm³/mol. The lowest BCUT2D eigenvalue weighted by molar-refractivity contribution is -0.115. The minimum atomic E-state index is -0.0575. The molecule has 0 radical (unpaired) electrons. The molecule has 0 bridgehead atoms. The van der Waals surface area contributed by atoms with Crippen molar-refractivity contribution in [2.24, 2.45) is 0 Å². The van der Waals surface area contributed by atoms with Crippen LogP contribution >= 0.6 is 11.6 Å². The molecule has 0 fully saturated rings. The number of nitrogens with zero attached hydrogens (tertiary/aromatic N) is 1. The maximum absolute atomic E-state index is 12.2. The van der Waals surface area contributed by atoms with Crippen LogP contribution in [0, 0.1) is 0 Å². The van der Waals surface area contributed by atoms with Gasteiger partial charge in [-0.1, -0.05) is 29.8 Å². The van der Waals surface area contributed by atoms with E-state index < -0.39 is 0 Å². The Morgan fingerprint density at radius 3 is 2.91 bits per heavy atom. The highest BCUT2D eigenvalue weighted by atomic mass is 35.5. The lowest BCUT2D eigenvalue weighted by Crippen LogP contribution is -2.31. The largest absolute Gasteiger partial charge is 0.495 e. The van der Waals surface area contributed by atoms with E-state index in [4.69, 9.17) is 16.3 Å². The summed E-state index contributed by atoms with van der Waals surface area (Å²) in [7, 11) is 1.56. The zero-order valence-electron chi connectivity index (χ0n) is 12.3. The van der Waals surface area contributed by atoms with Gasteiger partial charge in [0, 0.05) is 17.9 Å². The van der Waals surface area contributed by atoms with E-state index in [1.54, 1.807) is 25.3 Å². The molecule has 3 rings (SSSR count). The Kier molecular flexibility index (Phi) is 4.20. The molecule has 1 N–H and O–H groups in total. The minimum absolute atomic E-state index is 0.0575. The first-order valence-corrected chi connectivity index (χ1v) is 7.51. The molecule has 2 aromatic carbocycles. The van der Waals surface area contributed by atoms with Crippen LogP contribution in [0.5, 0.6) is 5.75 Å². The number of amides is 1. The Morgan fingerprint density at radius 2 is 2.14 bits per heavy atom. The molecule has 0 unspecified atom stereocenters. The van der Waals surface area contributed by atoms with E-state index in [-0.39, 0.29) is 5.91 Å². The number of methoxy groups -OCH3 is 1. The van der Waals surface area contributed by atoms with E-state index in [2.05, 4.69) is 22.3 Å². The zero-order valence-corrected chi connectivity index (χ0v) is 13.1. The van der Waals surface area contributed by atoms with Gasteiger partial charge < -0.3 is 15.0 Å². The summed E-state index contributed by atoms with van der Waals surface area (Å²) in [5, 5.41) is 3.35. The molecule has 114 valence electrons. The second-order valence-electron chi connectivity index (χ2n) is 5.20. The SMILES string of the molecule is COc1ccc(NC(=O)CN2CCc3ccccc32)cc1Cl. The number of ether oxygens (including phenoxy) is 1. The van der Waals surface area contributed by atoms with Crippen molar-refractivity contribution in [3.05, 3.63) is 53.1 Å². The molecular weight excluding hydrogens is 300 g/mol. The average Bonchev–Trinajstić information content (AvgIpc) is 2.91. The van der Waals surface area contributed by atoms with Gasteiger partial charge >= 0.3 is 0 Å². The van der Waals surface area contributed by atoms with E-state index in [0.29, 0.717) is 23.0 Å². The van der Waals surface area contributed by atoms with E-state index in [1.807, 2.05) is 12.1 Å². The fraction of sp³-hybridized carbons (Fsp3) is 0.235. The second kappa shape index (κ2) is 6.28. The Bertz CT molecular complexity index is 703. The smallest absolute Gasteiger partial charge is 0.243 e. The molecule has 0 saturated heterocycles. The number of para-hydroxylation sites is 1. The van der Waals surface area contributed by atoms with Gasteiger partial charge in [0.1, 0.15) is 5.75 Å². The van der Waals surface area contributed by atoms with Crippen LogP contribution in [0.15, 0.2) is 42.5 Å². The minimum Gasteiger partial charge on any atom is -0.495 e. The molecule has 1 heterocycles. The fourth-order valence-corrected chi connectivity index (χ4v) is 2.95. The monoisotopic (exact) mass is 316 g/mol. The maximum Gasteiger partial charge on any atom is 0.243 e. The van der Waals surface area contributed by atoms with Gasteiger partial charge in [-0.15, -0.1) is 0 Å². The molecule has 0 spiro atoms. The molecule has 5 heteroatoms. The quantitative estimate of drug-likeness (QED) is 0.940. The van der Waals surface area contributed by atoms with Crippen LogP contribution in [0.4, 0.5) is 11.4 Å². The van der Waals surface area contributed by atoms with E-state index in [1.165, 1.54) is 5.56 Å². The number of hydrogen-bond donors (Lipinski definition) is 1. The van der Waals surface area contributed by atoms with Gasteiger partial charge in [-0.2, -0.15) is 0 Å². The third kappa shape index (κ3) is 3.02. The van der Waals surface area contributed by atoms with Crippen molar-refractivity contribution in [3.63, 3.8) is 0 Å². The second-order valence-corrected chi connectivity index (χ2v) is 5.60. The lowest BCUT2D eigenvalue weighted by atomic mass is 10.2. The molecule has 0 aromatic heterocycles. The van der Waals surface area contributed by atoms with E-state index in [0.717, 1.165) is 18.7 Å². The Hall–Kier alpha value is -2.20. The summed E-state index contributed by atoms with van der Waals surface area (Å²) in [5.41, 5.74) is 3.11. The first kappa shape index (κ1) is 14.7. The molecule has 2 aromatic rings. The predicted octanol–water partition coefficient (Wildman–Crippen LogP) is 3.35. The van der Waals surface area contributed by atoms with Crippen molar-refractivity contribution >= 4 is 28.9 Å². The Morgan fingerprint density at radius 1 is 1.32 bits per heavy atom. The highest BCUT2D eigenvalue weighted by molar-refractivity contribution is 6.32. The number of nitrogens with one attached hydrogen (secondary N) is 1. The maximum atomic E-state index is 12.2. The lowest BCUT2D eigenvalue weighted by Gasteiger charge is -2.18. The van der Waals surface area contributed by atoms with Gasteiger partial charge in [0.2, 0.25) is 5.91 Å². The molecule has 4 nitrogen and oxygen atoms in total. The summed E-state index contributed by atoms with van der Waals surface area (Å²) in [4.78, 5) is 14.3. The van der Waals surface area contributed by atoms with Crippen molar-refractivity contribution < 1.29 is 9.53 Å². The van der Waals surface area contributed by atoms with Gasteiger partial charge in [-0.05, 0) is 36.2 Å². The molecule has 1 amide bonds. The van der Waals surface area contributed by atoms with Gasteiger partial charge in [-0.25, -0.2) is 0 Å². The third-order valence-electron chi connectivity index (χ3n) is 3.75. The van der Waals surface area contributed by atoms with Crippen LogP contribution in [0.3, 0.4) is 0 Å². The van der Waals surface area contributed by atoms with Crippen molar-refractivity contribution in [1.82, 2.24) is 0 Å². The number of hydrogen-bond acceptors (Lipinski definition) is 3. The fourth-order valence-electron chi connectivity index (χ4n) is 2.69. The first-order valence-electron chi connectivity index (χ1n) is 7.13. The summed E-state index contributed by atoms with van der Waals surface area (Å²) in [5.74, 6) is 0.533. The molecule has 22 heavy (non-hydrogen) atoms. The molecule has 0 aliphatic carbocycles. The summed E-state index contributed by atoms with van der Waals surface area (Å²) in [6, 6.07) is 13.4. The summed E-state index contributed by atoms with van der Waals surface area (Å²) < 4.78 is 5.10. The van der Waals surface area contributed by atoms with Crippen LogP contribution in [0.25, 0.3) is 0 Å². The highest BCUT2D eigenvalue weighted by Crippen LogP contribution is 2.28. The molecule has 1 aliphatic rings. The number of carbonyl (C=O) groups excluding carboxylic acids is 1. The molecule has 0 atom stereocenters. The normalized spacial score (nSPS) is 12.9. The topological polar surface area (TPSA) is 41.6 Å². The summed E-state index contributed by atoms with van der Waals surface area (Å²) in [6.45, 7) is 1.21. The number of carbonyl (C=O) groups is 1. The standard InChI is InChI=1S/C17H17ClN2O2/c1-22-16-7-6-13(10-14(16)18)19-17(21)11-20-9-8-12-4-2-3-5-15(12)20/h2-7,10H,8-9,11H2,1H3,(H,19,21). The van der Waals surface area contributed by atoms with Gasteiger partial charge in [0.25, 0.3) is 0 Å². The van der Waals surface area contributed by atoms with Gasteiger partial charge in [0.05, 0.1) is 18.7 Å². The third-order valence-corrected chi connectivity index (χ3v) is 4.05. The number of halogens is 1. The Labute approximate surface area is 134 Å². The zero-order chi connectivity index (χ0) is 15.5. The molecular formula is C17H17ClN2O2. The van der Waals surface area contributed by atoms with Crippen molar-refractivity contribution in [2.45, 2.75) is 6.42 Å². The van der Waals surface area contributed by atoms with Crippen LogP contribution in [0.1, 0.15) is 5.56 Å². The average molecular weight is 317 g/mol. The highest BCUT2D eigenvalue weighted by Gasteiger charge is 2.20.